The van der Waals surface area contributed by atoms with E-state index in [1.54, 1.807) is 0 Å². The number of carbonyl (C=O) groups is 4. The van der Waals surface area contributed by atoms with Gasteiger partial charge < -0.3 is 26.8 Å². The minimum atomic E-state index is -0.789. The first-order chi connectivity index (χ1) is 7.91. The molecule has 0 saturated carbocycles. The molecule has 0 radical (unpaired) electrons. The average Bonchev–Trinajstić information content (AvgIpc) is 2.15. The van der Waals surface area contributed by atoms with Gasteiger partial charge in [0.05, 0.1) is 12.8 Å². The summed E-state index contributed by atoms with van der Waals surface area (Å²) in [6.45, 7) is -0.0258. The third-order valence-electron chi connectivity index (χ3n) is 1.48. The molecule has 0 heterocycles. The number of esters is 2. The molecule has 0 aliphatic rings. The first-order valence-corrected chi connectivity index (χ1v) is 4.72. The van der Waals surface area contributed by atoms with Gasteiger partial charge in [0.15, 0.2) is 0 Å². The molecule has 0 saturated heterocycles. The van der Waals surface area contributed by atoms with Gasteiger partial charge in [-0.15, -0.1) is 0 Å². The van der Waals surface area contributed by atoms with E-state index in [9.17, 15) is 19.2 Å². The van der Waals surface area contributed by atoms with Crippen LogP contribution >= 0.6 is 0 Å². The Morgan fingerprint density at radius 3 is 1.47 bits per heavy atom. The number of nitrogens with two attached hydrogens (primary N) is 2. The molecule has 0 aromatic heterocycles. The van der Waals surface area contributed by atoms with E-state index in [1.165, 1.54) is 0 Å². The summed E-state index contributed by atoms with van der Waals surface area (Å²) in [5, 5.41) is 4.32. The molecule has 9 heteroatoms. The van der Waals surface area contributed by atoms with Crippen LogP contribution in [0.4, 0.5) is 9.59 Å². The molecule has 9 nitrogen and oxygen atoms in total. The van der Waals surface area contributed by atoms with Crippen molar-refractivity contribution in [2.24, 2.45) is 11.5 Å². The molecule has 6 N–H and O–H groups in total. The first kappa shape index (κ1) is 14.7. The van der Waals surface area contributed by atoms with E-state index in [2.05, 4.69) is 15.4 Å². The third-order valence-corrected chi connectivity index (χ3v) is 1.48. The van der Waals surface area contributed by atoms with Crippen LogP contribution in [0.3, 0.4) is 0 Å². The standard InChI is InChI=1S/C8H14N4O5/c9-7(15)11-3-1-5(13)17-6(14)2-4-12-8(10)16/h1-4H2,(H3,9,11,15)(H3,10,12,16). The van der Waals surface area contributed by atoms with Gasteiger partial charge in [-0.05, 0) is 0 Å². The molecule has 0 aromatic rings. The van der Waals surface area contributed by atoms with Gasteiger partial charge in [0, 0.05) is 13.1 Å². The number of hydrogen-bond donors (Lipinski definition) is 4. The summed E-state index contributed by atoms with van der Waals surface area (Å²) in [5.74, 6) is -1.58. The van der Waals surface area contributed by atoms with Gasteiger partial charge in [0.25, 0.3) is 0 Å². The lowest BCUT2D eigenvalue weighted by Crippen LogP contribution is -2.32. The van der Waals surface area contributed by atoms with Crippen molar-refractivity contribution in [1.82, 2.24) is 10.6 Å². The zero-order valence-corrected chi connectivity index (χ0v) is 9.02. The van der Waals surface area contributed by atoms with Crippen molar-refractivity contribution >= 4 is 24.0 Å². The minimum absolute atomic E-state index is 0.0129. The van der Waals surface area contributed by atoms with Crippen LogP contribution in [0.5, 0.6) is 0 Å². The van der Waals surface area contributed by atoms with Crippen LogP contribution in [0, 0.1) is 0 Å². The number of rotatable bonds is 6. The van der Waals surface area contributed by atoms with E-state index < -0.39 is 24.0 Å². The fourth-order valence-electron chi connectivity index (χ4n) is 0.805. The van der Waals surface area contributed by atoms with Crippen LogP contribution in [0.25, 0.3) is 0 Å². The highest BCUT2D eigenvalue weighted by Crippen LogP contribution is 1.90. The first-order valence-electron chi connectivity index (χ1n) is 4.72. The molecular formula is C8H14N4O5. The Hall–Kier alpha value is -2.32. The fourth-order valence-corrected chi connectivity index (χ4v) is 0.805. The molecule has 0 unspecified atom stereocenters. The topological polar surface area (TPSA) is 154 Å². The van der Waals surface area contributed by atoms with Crippen molar-refractivity contribution in [3.05, 3.63) is 0 Å². The fraction of sp³-hybridized carbons (Fsp3) is 0.500. The zero-order chi connectivity index (χ0) is 13.3. The van der Waals surface area contributed by atoms with Crippen molar-refractivity contribution in [2.45, 2.75) is 12.8 Å². The Bertz CT molecular complexity index is 287. The van der Waals surface area contributed by atoms with Crippen molar-refractivity contribution < 1.29 is 23.9 Å². The summed E-state index contributed by atoms with van der Waals surface area (Å²) < 4.78 is 4.35. The minimum Gasteiger partial charge on any atom is -0.393 e. The average molecular weight is 246 g/mol. The lowest BCUT2D eigenvalue weighted by Gasteiger charge is -2.03. The number of ether oxygens (including phenoxy) is 1. The normalized spacial score (nSPS) is 9.18. The number of urea groups is 2. The second kappa shape index (κ2) is 7.91. The Morgan fingerprint density at radius 2 is 1.18 bits per heavy atom. The summed E-state index contributed by atoms with van der Waals surface area (Å²) in [5.41, 5.74) is 9.51. The molecule has 0 aliphatic carbocycles. The van der Waals surface area contributed by atoms with Crippen molar-refractivity contribution in [3.63, 3.8) is 0 Å². The Kier molecular flexibility index (Phi) is 6.83. The highest BCUT2D eigenvalue weighted by molar-refractivity contribution is 5.86. The molecule has 0 atom stereocenters. The van der Waals surface area contributed by atoms with Crippen LogP contribution in [-0.4, -0.2) is 37.1 Å². The van der Waals surface area contributed by atoms with E-state index in [0.717, 1.165) is 0 Å². The van der Waals surface area contributed by atoms with E-state index in [0.29, 0.717) is 0 Å². The molecule has 0 fully saturated rings. The third kappa shape index (κ3) is 9.97. The van der Waals surface area contributed by atoms with Gasteiger partial charge in [-0.3, -0.25) is 9.59 Å². The number of amides is 4. The van der Waals surface area contributed by atoms with Crippen molar-refractivity contribution in [3.8, 4) is 0 Å². The van der Waals surface area contributed by atoms with E-state index in [1.807, 2.05) is 0 Å². The van der Waals surface area contributed by atoms with Gasteiger partial charge in [-0.1, -0.05) is 0 Å². The lowest BCUT2D eigenvalue weighted by molar-refractivity contribution is -0.159. The van der Waals surface area contributed by atoms with Crippen LogP contribution in [-0.2, 0) is 14.3 Å². The zero-order valence-electron chi connectivity index (χ0n) is 9.02. The highest BCUT2D eigenvalue weighted by atomic mass is 16.6. The second-order valence-electron chi connectivity index (χ2n) is 2.93. The van der Waals surface area contributed by atoms with Gasteiger partial charge in [0.1, 0.15) is 0 Å². The summed E-state index contributed by atoms with van der Waals surface area (Å²) in [6.07, 6.45) is -0.337. The maximum atomic E-state index is 11.0. The molecule has 0 aromatic carbocycles. The highest BCUT2D eigenvalue weighted by Gasteiger charge is 2.10. The monoisotopic (exact) mass is 246 g/mol. The van der Waals surface area contributed by atoms with E-state index in [-0.39, 0.29) is 25.9 Å². The largest absolute Gasteiger partial charge is 0.393 e. The van der Waals surface area contributed by atoms with Crippen molar-refractivity contribution in [2.75, 3.05) is 13.1 Å². The molecule has 0 bridgehead atoms. The number of carbonyl (C=O) groups excluding carboxylic acids is 4. The van der Waals surface area contributed by atoms with Crippen LogP contribution < -0.4 is 22.1 Å². The molecule has 17 heavy (non-hydrogen) atoms. The lowest BCUT2D eigenvalue weighted by atomic mass is 10.4. The molecule has 0 rings (SSSR count). The van der Waals surface area contributed by atoms with Crippen LogP contribution in [0.15, 0.2) is 0 Å². The molecule has 96 valence electrons. The maximum absolute atomic E-state index is 11.0. The van der Waals surface area contributed by atoms with Gasteiger partial charge in [-0.25, -0.2) is 9.59 Å². The molecule has 4 amide bonds. The van der Waals surface area contributed by atoms with Gasteiger partial charge >= 0.3 is 24.0 Å². The maximum Gasteiger partial charge on any atom is 0.315 e. The Morgan fingerprint density at radius 1 is 0.824 bits per heavy atom. The smallest absolute Gasteiger partial charge is 0.315 e. The molecule has 0 aliphatic heterocycles. The predicted octanol–water partition coefficient (Wildman–Crippen LogP) is -1.83. The predicted molar refractivity (Wildman–Crippen MR) is 55.5 cm³/mol. The Balaban J connectivity index is 3.62. The van der Waals surface area contributed by atoms with Gasteiger partial charge in [-0.2, -0.15) is 0 Å². The summed E-state index contributed by atoms with van der Waals surface area (Å²) in [7, 11) is 0. The SMILES string of the molecule is NC(=O)NCCC(=O)OC(=O)CCNC(N)=O. The van der Waals surface area contributed by atoms with Gasteiger partial charge in [0.2, 0.25) is 0 Å². The summed E-state index contributed by atoms with van der Waals surface area (Å²) in [6, 6.07) is -1.54. The van der Waals surface area contributed by atoms with Crippen molar-refractivity contribution in [1.29, 1.82) is 0 Å². The van der Waals surface area contributed by atoms with E-state index in [4.69, 9.17) is 11.5 Å². The quantitative estimate of drug-likeness (QED) is 0.320. The second-order valence-corrected chi connectivity index (χ2v) is 2.93. The molecule has 0 spiro atoms. The van der Waals surface area contributed by atoms with E-state index >= 15 is 0 Å². The summed E-state index contributed by atoms with van der Waals surface area (Å²) in [4.78, 5) is 42.5. The van der Waals surface area contributed by atoms with Crippen LogP contribution in [0.2, 0.25) is 0 Å². The number of hydrogen-bond acceptors (Lipinski definition) is 5. The summed E-state index contributed by atoms with van der Waals surface area (Å²) >= 11 is 0. The Labute approximate surface area is 96.8 Å². The number of nitrogens with one attached hydrogen (secondary N) is 2. The van der Waals surface area contributed by atoms with Crippen LogP contribution in [0.1, 0.15) is 12.8 Å². The number of primary amides is 2. The molecular weight excluding hydrogens is 232 g/mol.